The highest BCUT2D eigenvalue weighted by molar-refractivity contribution is 6.34. The van der Waals surface area contributed by atoms with E-state index in [1.807, 2.05) is 44.2 Å². The zero-order valence-electron chi connectivity index (χ0n) is 18.8. The second kappa shape index (κ2) is 7.66. The standard InChI is InChI=1S/C27H24N2O4/c1-15-4-8-19(9-5-15)28-23(30)14-21(25(28)31)18-12-17(3)24-22(13-18)26(32)29(27(24)33)20-10-6-16(2)7-11-20/h4-12,18,21H,13-14H2,1-3H3/t18-,21+/m0/s1. The second-order valence-corrected chi connectivity index (χ2v) is 9.07. The quantitative estimate of drug-likeness (QED) is 0.676. The molecule has 2 aromatic rings. The molecule has 0 N–H and O–H groups in total. The summed E-state index contributed by atoms with van der Waals surface area (Å²) in [6.45, 7) is 5.68. The summed E-state index contributed by atoms with van der Waals surface area (Å²) in [6.07, 6.45) is 2.25. The Morgan fingerprint density at radius 1 is 0.697 bits per heavy atom. The fraction of sp³-hybridized carbons (Fsp3) is 0.259. The van der Waals surface area contributed by atoms with E-state index in [-0.39, 0.29) is 42.4 Å². The molecule has 166 valence electrons. The van der Waals surface area contributed by atoms with Crippen molar-refractivity contribution < 1.29 is 19.2 Å². The topological polar surface area (TPSA) is 74.8 Å². The maximum atomic E-state index is 13.3. The van der Waals surface area contributed by atoms with Crippen LogP contribution in [0.1, 0.15) is 30.9 Å². The lowest BCUT2D eigenvalue weighted by Crippen LogP contribution is -2.33. The van der Waals surface area contributed by atoms with Gasteiger partial charge in [-0.05, 0) is 62.9 Å². The van der Waals surface area contributed by atoms with Gasteiger partial charge in [0, 0.05) is 12.0 Å². The zero-order chi connectivity index (χ0) is 23.4. The number of amides is 4. The van der Waals surface area contributed by atoms with Crippen LogP contribution in [0, 0.1) is 25.7 Å². The first-order valence-corrected chi connectivity index (χ1v) is 11.1. The molecule has 6 nitrogen and oxygen atoms in total. The van der Waals surface area contributed by atoms with Gasteiger partial charge in [0.15, 0.2) is 0 Å². The Labute approximate surface area is 192 Å². The Bertz CT molecular complexity index is 1270. The van der Waals surface area contributed by atoms with E-state index in [4.69, 9.17) is 0 Å². The Hall–Kier alpha value is -3.80. The van der Waals surface area contributed by atoms with Crippen molar-refractivity contribution in [3.05, 3.63) is 82.5 Å². The van der Waals surface area contributed by atoms with Crippen LogP contribution >= 0.6 is 0 Å². The number of allylic oxidation sites excluding steroid dienone is 1. The lowest BCUT2D eigenvalue weighted by molar-refractivity contribution is -0.123. The number of anilines is 2. The average Bonchev–Trinajstić information content (AvgIpc) is 3.22. The summed E-state index contributed by atoms with van der Waals surface area (Å²) in [4.78, 5) is 54.9. The molecule has 0 saturated carbocycles. The molecule has 1 fully saturated rings. The molecule has 1 saturated heterocycles. The zero-order valence-corrected chi connectivity index (χ0v) is 18.8. The van der Waals surface area contributed by atoms with Crippen molar-refractivity contribution in [3.8, 4) is 0 Å². The summed E-state index contributed by atoms with van der Waals surface area (Å²) in [5.74, 6) is -2.04. The first-order valence-electron chi connectivity index (χ1n) is 11.1. The average molecular weight is 440 g/mol. The first-order chi connectivity index (χ1) is 15.8. The van der Waals surface area contributed by atoms with Crippen LogP contribution in [0.3, 0.4) is 0 Å². The van der Waals surface area contributed by atoms with Gasteiger partial charge in [0.25, 0.3) is 11.8 Å². The van der Waals surface area contributed by atoms with Gasteiger partial charge in [0.1, 0.15) is 0 Å². The number of carbonyl (C=O) groups is 4. The molecule has 4 amide bonds. The molecule has 6 heteroatoms. The number of imide groups is 2. The number of nitrogens with zero attached hydrogens (tertiary/aromatic N) is 2. The van der Waals surface area contributed by atoms with Crippen LogP contribution in [-0.4, -0.2) is 23.6 Å². The van der Waals surface area contributed by atoms with E-state index < -0.39 is 5.92 Å². The third-order valence-electron chi connectivity index (χ3n) is 6.76. The van der Waals surface area contributed by atoms with Gasteiger partial charge in [0.2, 0.25) is 11.8 Å². The number of hydrogen-bond donors (Lipinski definition) is 0. The van der Waals surface area contributed by atoms with Gasteiger partial charge < -0.3 is 0 Å². The summed E-state index contributed by atoms with van der Waals surface area (Å²) in [6, 6.07) is 14.5. The fourth-order valence-corrected chi connectivity index (χ4v) is 5.01. The van der Waals surface area contributed by atoms with Gasteiger partial charge in [-0.2, -0.15) is 0 Å². The molecule has 0 radical (unpaired) electrons. The Kier molecular flexibility index (Phi) is 4.89. The minimum Gasteiger partial charge on any atom is -0.274 e. The number of carbonyl (C=O) groups excluding carboxylic acids is 4. The fourth-order valence-electron chi connectivity index (χ4n) is 5.01. The van der Waals surface area contributed by atoms with Gasteiger partial charge in [-0.25, -0.2) is 4.90 Å². The van der Waals surface area contributed by atoms with Crippen LogP contribution in [0.5, 0.6) is 0 Å². The molecule has 2 aromatic carbocycles. The van der Waals surface area contributed by atoms with Crippen molar-refractivity contribution >= 4 is 35.0 Å². The highest BCUT2D eigenvalue weighted by Crippen LogP contribution is 2.43. The van der Waals surface area contributed by atoms with E-state index in [1.54, 1.807) is 31.2 Å². The Morgan fingerprint density at radius 2 is 1.24 bits per heavy atom. The van der Waals surface area contributed by atoms with Crippen LogP contribution in [0.25, 0.3) is 0 Å². The second-order valence-electron chi connectivity index (χ2n) is 9.07. The Balaban J connectivity index is 1.42. The van der Waals surface area contributed by atoms with Gasteiger partial charge in [-0.1, -0.05) is 41.5 Å². The van der Waals surface area contributed by atoms with E-state index >= 15 is 0 Å². The molecule has 2 heterocycles. The number of hydrogen-bond acceptors (Lipinski definition) is 4. The molecule has 2 atom stereocenters. The van der Waals surface area contributed by atoms with Gasteiger partial charge in [-0.15, -0.1) is 0 Å². The molecule has 3 aliphatic rings. The third kappa shape index (κ3) is 3.33. The summed E-state index contributed by atoms with van der Waals surface area (Å²) in [5.41, 5.74) is 4.71. The molecule has 2 aliphatic heterocycles. The summed E-state index contributed by atoms with van der Waals surface area (Å²) in [7, 11) is 0. The highest BCUT2D eigenvalue weighted by atomic mass is 16.2. The first kappa shape index (κ1) is 21.1. The van der Waals surface area contributed by atoms with E-state index in [2.05, 4.69) is 0 Å². The van der Waals surface area contributed by atoms with E-state index in [0.717, 1.165) is 11.1 Å². The van der Waals surface area contributed by atoms with E-state index in [1.165, 1.54) is 9.80 Å². The largest absolute Gasteiger partial charge is 0.274 e. The Morgan fingerprint density at radius 3 is 1.82 bits per heavy atom. The van der Waals surface area contributed by atoms with Crippen molar-refractivity contribution in [1.82, 2.24) is 0 Å². The van der Waals surface area contributed by atoms with Crippen molar-refractivity contribution in [2.45, 2.75) is 33.6 Å². The van der Waals surface area contributed by atoms with Gasteiger partial charge in [-0.3, -0.25) is 24.1 Å². The predicted molar refractivity (Wildman–Crippen MR) is 124 cm³/mol. The molecule has 0 unspecified atom stereocenters. The minimum atomic E-state index is -0.556. The lowest BCUT2D eigenvalue weighted by Gasteiger charge is -2.24. The highest BCUT2D eigenvalue weighted by Gasteiger charge is 2.48. The summed E-state index contributed by atoms with van der Waals surface area (Å²) < 4.78 is 0. The van der Waals surface area contributed by atoms with Crippen molar-refractivity contribution in [3.63, 3.8) is 0 Å². The maximum absolute atomic E-state index is 13.3. The molecular formula is C27H24N2O4. The number of rotatable bonds is 3. The van der Waals surface area contributed by atoms with Crippen molar-refractivity contribution in [1.29, 1.82) is 0 Å². The van der Waals surface area contributed by atoms with Crippen LogP contribution in [0.15, 0.2) is 71.3 Å². The third-order valence-corrected chi connectivity index (χ3v) is 6.76. The van der Waals surface area contributed by atoms with Crippen LogP contribution in [0.2, 0.25) is 0 Å². The smallest absolute Gasteiger partial charge is 0.266 e. The van der Waals surface area contributed by atoms with E-state index in [9.17, 15) is 19.2 Å². The monoisotopic (exact) mass is 440 g/mol. The van der Waals surface area contributed by atoms with Gasteiger partial charge in [0.05, 0.1) is 22.9 Å². The molecule has 1 aliphatic carbocycles. The number of benzene rings is 2. The lowest BCUT2D eigenvalue weighted by atomic mass is 9.78. The molecule has 5 rings (SSSR count). The predicted octanol–water partition coefficient (Wildman–Crippen LogP) is 4.02. The summed E-state index contributed by atoms with van der Waals surface area (Å²) in [5, 5.41) is 0. The van der Waals surface area contributed by atoms with Crippen LogP contribution in [-0.2, 0) is 19.2 Å². The molecule has 0 aromatic heterocycles. The summed E-state index contributed by atoms with van der Waals surface area (Å²) >= 11 is 0. The van der Waals surface area contributed by atoms with Crippen LogP contribution < -0.4 is 9.80 Å². The normalized spacial score (nSPS) is 22.9. The molecule has 0 bridgehead atoms. The van der Waals surface area contributed by atoms with Crippen molar-refractivity contribution in [2.24, 2.45) is 11.8 Å². The van der Waals surface area contributed by atoms with Crippen LogP contribution in [0.4, 0.5) is 11.4 Å². The molecule has 33 heavy (non-hydrogen) atoms. The maximum Gasteiger partial charge on any atom is 0.266 e. The van der Waals surface area contributed by atoms with E-state index in [0.29, 0.717) is 28.1 Å². The molecule has 0 spiro atoms. The minimum absolute atomic E-state index is 0.0909. The van der Waals surface area contributed by atoms with Crippen molar-refractivity contribution in [2.75, 3.05) is 9.80 Å². The SMILES string of the molecule is CC1=C[C@H]([C@H]2CC(=O)N(c3ccc(C)cc3)C2=O)CC2=C1C(=O)N(c1ccc(C)cc1)C2=O. The number of aryl methyl sites for hydroxylation is 2. The van der Waals surface area contributed by atoms with Gasteiger partial charge >= 0.3 is 0 Å². The molecular weight excluding hydrogens is 416 g/mol.